The summed E-state index contributed by atoms with van der Waals surface area (Å²) in [6.07, 6.45) is 0. The number of methoxy groups -OCH3 is 1. The second-order valence-corrected chi connectivity index (χ2v) is 6.09. The Kier molecular flexibility index (Phi) is 5.13. The molecule has 1 aromatic rings. The second-order valence-electron chi connectivity index (χ2n) is 4.20. The van der Waals surface area contributed by atoms with Crippen LogP contribution in [-0.2, 0) is 14.8 Å². The first-order valence-corrected chi connectivity index (χ1v) is 7.13. The van der Waals surface area contributed by atoms with Crippen LogP contribution in [0.3, 0.4) is 0 Å². The number of phenolic OH excluding ortho intramolecular Hbond substituents is 1. The first kappa shape index (κ1) is 14.9. The van der Waals surface area contributed by atoms with E-state index in [4.69, 9.17) is 4.74 Å². The molecule has 0 amide bonds. The summed E-state index contributed by atoms with van der Waals surface area (Å²) in [6.45, 7) is 4.22. The van der Waals surface area contributed by atoms with E-state index in [9.17, 15) is 13.5 Å². The van der Waals surface area contributed by atoms with Gasteiger partial charge in [0.05, 0.1) is 11.5 Å². The van der Waals surface area contributed by atoms with E-state index in [2.05, 4.69) is 0 Å². The van der Waals surface area contributed by atoms with Gasteiger partial charge in [0.15, 0.2) is 0 Å². The Hall–Kier alpha value is -1.11. The van der Waals surface area contributed by atoms with Crippen LogP contribution in [0.4, 0.5) is 0 Å². The van der Waals surface area contributed by atoms with Crippen molar-refractivity contribution in [3.63, 3.8) is 0 Å². The third-order valence-corrected chi connectivity index (χ3v) is 4.59. The van der Waals surface area contributed by atoms with Gasteiger partial charge in [-0.1, -0.05) is 6.07 Å². The molecule has 0 spiro atoms. The van der Waals surface area contributed by atoms with Gasteiger partial charge in [-0.05, 0) is 32.0 Å². The fourth-order valence-corrected chi connectivity index (χ4v) is 3.28. The van der Waals surface area contributed by atoms with Crippen LogP contribution in [0.5, 0.6) is 5.75 Å². The number of nitrogens with zero attached hydrogens (tertiary/aromatic N) is 1. The molecule has 1 aromatic carbocycles. The number of hydrogen-bond acceptors (Lipinski definition) is 4. The van der Waals surface area contributed by atoms with Gasteiger partial charge in [0.2, 0.25) is 10.0 Å². The molecule has 1 rings (SSSR count). The Balaban J connectivity index is 3.09. The van der Waals surface area contributed by atoms with Crippen LogP contribution in [0.2, 0.25) is 0 Å². The number of aromatic hydroxyl groups is 1. The highest BCUT2D eigenvalue weighted by atomic mass is 32.2. The van der Waals surface area contributed by atoms with Crippen molar-refractivity contribution in [3.05, 3.63) is 24.3 Å². The summed E-state index contributed by atoms with van der Waals surface area (Å²) in [6, 6.07) is 5.49. The summed E-state index contributed by atoms with van der Waals surface area (Å²) in [4.78, 5) is 0.0901. The van der Waals surface area contributed by atoms with E-state index in [1.807, 2.05) is 0 Å². The normalized spacial score (nSPS) is 12.3. The fraction of sp³-hybridized carbons (Fsp3) is 0.500. The minimum atomic E-state index is -3.60. The molecule has 0 saturated carbocycles. The van der Waals surface area contributed by atoms with E-state index in [0.29, 0.717) is 6.61 Å². The molecule has 0 atom stereocenters. The Morgan fingerprint density at radius 1 is 1.39 bits per heavy atom. The Bertz CT molecular complexity index is 485. The van der Waals surface area contributed by atoms with E-state index in [1.54, 1.807) is 13.8 Å². The zero-order chi connectivity index (χ0) is 13.8. The molecule has 0 heterocycles. The minimum absolute atomic E-state index is 0.0634. The molecule has 5 nitrogen and oxygen atoms in total. The highest BCUT2D eigenvalue weighted by Gasteiger charge is 2.26. The molecular weight excluding hydrogens is 254 g/mol. The van der Waals surface area contributed by atoms with Crippen molar-refractivity contribution in [1.29, 1.82) is 0 Å². The summed E-state index contributed by atoms with van der Waals surface area (Å²) in [5, 5.41) is 9.37. The number of hydrogen-bond donors (Lipinski definition) is 1. The van der Waals surface area contributed by atoms with Gasteiger partial charge < -0.3 is 9.84 Å². The van der Waals surface area contributed by atoms with Gasteiger partial charge in [-0.15, -0.1) is 0 Å². The molecule has 0 saturated heterocycles. The van der Waals surface area contributed by atoms with Crippen molar-refractivity contribution >= 4 is 10.0 Å². The molecule has 0 fully saturated rings. The molecule has 0 aromatic heterocycles. The predicted molar refractivity (Wildman–Crippen MR) is 69.0 cm³/mol. The molecule has 0 unspecified atom stereocenters. The highest BCUT2D eigenvalue weighted by molar-refractivity contribution is 7.89. The zero-order valence-corrected chi connectivity index (χ0v) is 11.6. The molecule has 18 heavy (non-hydrogen) atoms. The number of ether oxygens (including phenoxy) is 1. The maximum absolute atomic E-state index is 12.4. The maximum Gasteiger partial charge on any atom is 0.243 e. The van der Waals surface area contributed by atoms with E-state index in [1.165, 1.54) is 35.7 Å². The fourth-order valence-electron chi connectivity index (χ4n) is 1.62. The monoisotopic (exact) mass is 273 g/mol. The van der Waals surface area contributed by atoms with Gasteiger partial charge in [-0.2, -0.15) is 4.31 Å². The lowest BCUT2D eigenvalue weighted by molar-refractivity contribution is 0.171. The van der Waals surface area contributed by atoms with Crippen LogP contribution in [0.15, 0.2) is 29.2 Å². The molecule has 0 radical (unpaired) electrons. The van der Waals surface area contributed by atoms with Gasteiger partial charge >= 0.3 is 0 Å². The quantitative estimate of drug-likeness (QED) is 0.851. The van der Waals surface area contributed by atoms with Crippen LogP contribution in [0.1, 0.15) is 13.8 Å². The van der Waals surface area contributed by atoms with Gasteiger partial charge in [-0.25, -0.2) is 8.42 Å². The lowest BCUT2D eigenvalue weighted by Gasteiger charge is -2.25. The minimum Gasteiger partial charge on any atom is -0.508 e. The molecular formula is C12H19NO4S. The van der Waals surface area contributed by atoms with E-state index >= 15 is 0 Å². The summed E-state index contributed by atoms with van der Waals surface area (Å²) in [7, 11) is -2.07. The van der Waals surface area contributed by atoms with Crippen molar-refractivity contribution in [2.75, 3.05) is 20.3 Å². The van der Waals surface area contributed by atoms with Gasteiger partial charge in [-0.3, -0.25) is 0 Å². The smallest absolute Gasteiger partial charge is 0.243 e. The zero-order valence-electron chi connectivity index (χ0n) is 10.8. The summed E-state index contributed by atoms with van der Waals surface area (Å²) in [5.74, 6) is -0.0634. The van der Waals surface area contributed by atoms with Crippen LogP contribution < -0.4 is 0 Å². The Morgan fingerprint density at radius 3 is 2.56 bits per heavy atom. The maximum atomic E-state index is 12.4. The highest BCUT2D eigenvalue weighted by Crippen LogP contribution is 2.21. The van der Waals surface area contributed by atoms with Crippen LogP contribution >= 0.6 is 0 Å². The SMILES string of the molecule is COCCN(C(C)C)S(=O)(=O)c1cccc(O)c1. The number of benzene rings is 1. The van der Waals surface area contributed by atoms with Crippen molar-refractivity contribution < 1.29 is 18.3 Å². The largest absolute Gasteiger partial charge is 0.508 e. The van der Waals surface area contributed by atoms with Gasteiger partial charge in [0.1, 0.15) is 5.75 Å². The van der Waals surface area contributed by atoms with Crippen LogP contribution in [0, 0.1) is 0 Å². The van der Waals surface area contributed by atoms with Crippen molar-refractivity contribution in [3.8, 4) is 5.75 Å². The summed E-state index contributed by atoms with van der Waals surface area (Å²) >= 11 is 0. The first-order chi connectivity index (χ1) is 8.39. The molecule has 102 valence electrons. The van der Waals surface area contributed by atoms with Crippen molar-refractivity contribution in [2.24, 2.45) is 0 Å². The van der Waals surface area contributed by atoms with Gasteiger partial charge in [0.25, 0.3) is 0 Å². The first-order valence-electron chi connectivity index (χ1n) is 5.69. The molecule has 1 N–H and O–H groups in total. The average molecular weight is 273 g/mol. The Labute approximate surface area is 108 Å². The number of phenols is 1. The third-order valence-electron chi connectivity index (χ3n) is 2.52. The molecule has 0 aliphatic heterocycles. The van der Waals surface area contributed by atoms with E-state index in [0.717, 1.165) is 0 Å². The van der Waals surface area contributed by atoms with Crippen LogP contribution in [0.25, 0.3) is 0 Å². The van der Waals surface area contributed by atoms with Crippen molar-refractivity contribution in [2.45, 2.75) is 24.8 Å². The molecule has 0 aliphatic carbocycles. The molecule has 0 bridgehead atoms. The number of sulfonamides is 1. The van der Waals surface area contributed by atoms with Crippen molar-refractivity contribution in [1.82, 2.24) is 4.31 Å². The summed E-state index contributed by atoms with van der Waals surface area (Å²) < 4.78 is 31.1. The molecule has 0 aliphatic rings. The second kappa shape index (κ2) is 6.17. The molecule has 6 heteroatoms. The van der Waals surface area contributed by atoms with E-state index < -0.39 is 10.0 Å². The topological polar surface area (TPSA) is 66.8 Å². The standard InChI is InChI=1S/C12H19NO4S/c1-10(2)13(7-8-17-3)18(15,16)12-6-4-5-11(14)9-12/h4-6,9-10,14H,7-8H2,1-3H3. The van der Waals surface area contributed by atoms with Crippen LogP contribution in [-0.4, -0.2) is 44.1 Å². The lowest BCUT2D eigenvalue weighted by Crippen LogP contribution is -2.39. The predicted octanol–water partition coefficient (Wildman–Crippen LogP) is 1.44. The van der Waals surface area contributed by atoms with E-state index in [-0.39, 0.29) is 23.2 Å². The Morgan fingerprint density at radius 2 is 2.06 bits per heavy atom. The average Bonchev–Trinajstić information content (AvgIpc) is 2.28. The summed E-state index contributed by atoms with van der Waals surface area (Å²) in [5.41, 5.74) is 0. The third kappa shape index (κ3) is 3.44. The number of rotatable bonds is 6. The van der Waals surface area contributed by atoms with Gasteiger partial charge in [0, 0.05) is 19.7 Å². The lowest BCUT2D eigenvalue weighted by atomic mass is 10.3.